The SMILES string of the molecule is C[N+](C)(Nc1c(Cl)cccc1Cl)C(=N)N. The van der Waals surface area contributed by atoms with E-state index in [1.807, 2.05) is 0 Å². The Morgan fingerprint density at radius 2 is 1.80 bits per heavy atom. The Morgan fingerprint density at radius 3 is 2.20 bits per heavy atom. The van der Waals surface area contributed by atoms with E-state index >= 15 is 0 Å². The summed E-state index contributed by atoms with van der Waals surface area (Å²) in [7, 11) is 3.45. The van der Waals surface area contributed by atoms with Gasteiger partial charge in [0.15, 0.2) is 0 Å². The molecule has 0 amide bonds. The van der Waals surface area contributed by atoms with E-state index in [1.165, 1.54) is 0 Å². The molecule has 0 fully saturated rings. The first-order chi connectivity index (χ1) is 6.84. The summed E-state index contributed by atoms with van der Waals surface area (Å²) >= 11 is 11.9. The van der Waals surface area contributed by atoms with E-state index in [1.54, 1.807) is 32.3 Å². The van der Waals surface area contributed by atoms with Crippen molar-refractivity contribution in [2.24, 2.45) is 5.73 Å². The molecule has 0 aliphatic carbocycles. The largest absolute Gasteiger partial charge is 0.336 e. The molecule has 4 N–H and O–H groups in total. The van der Waals surface area contributed by atoms with Gasteiger partial charge >= 0.3 is 5.96 Å². The number of nitrogens with one attached hydrogen (secondary N) is 2. The minimum atomic E-state index is -0.0361. The van der Waals surface area contributed by atoms with Gasteiger partial charge in [-0.3, -0.25) is 0 Å². The third-order valence-corrected chi connectivity index (χ3v) is 2.59. The molecule has 6 heteroatoms. The molecule has 0 unspecified atom stereocenters. The number of nitrogens with two attached hydrogens (primary N) is 1. The maximum absolute atomic E-state index is 7.39. The Hall–Kier alpha value is -0.970. The molecule has 1 rings (SSSR count). The second-order valence-corrected chi connectivity index (χ2v) is 4.36. The lowest BCUT2D eigenvalue weighted by atomic mass is 10.3. The van der Waals surface area contributed by atoms with Crippen molar-refractivity contribution in [1.82, 2.24) is 0 Å². The molecule has 0 spiro atoms. The standard InChI is InChI=1S/C9H13Cl2N4/c1-15(2,9(12)13)14-8-6(10)4-3-5-7(8)11/h3-5,14H,1-2H3,(H3,12,13)/q+1. The van der Waals surface area contributed by atoms with E-state index in [-0.39, 0.29) is 10.6 Å². The van der Waals surface area contributed by atoms with Crippen LogP contribution in [-0.2, 0) is 0 Å². The highest BCUT2D eigenvalue weighted by Gasteiger charge is 2.22. The zero-order chi connectivity index (χ0) is 11.6. The van der Waals surface area contributed by atoms with Crippen molar-refractivity contribution in [3.8, 4) is 0 Å². The van der Waals surface area contributed by atoms with Gasteiger partial charge in [-0.25, -0.2) is 10.8 Å². The van der Waals surface area contributed by atoms with Crippen LogP contribution in [0.25, 0.3) is 0 Å². The summed E-state index contributed by atoms with van der Waals surface area (Å²) in [5.41, 5.74) is 8.97. The molecule has 82 valence electrons. The van der Waals surface area contributed by atoms with Crippen molar-refractivity contribution in [1.29, 1.82) is 5.41 Å². The van der Waals surface area contributed by atoms with Gasteiger partial charge in [-0.1, -0.05) is 29.3 Å². The highest BCUT2D eigenvalue weighted by Crippen LogP contribution is 2.30. The average Bonchev–Trinajstić information content (AvgIpc) is 2.11. The van der Waals surface area contributed by atoms with E-state index < -0.39 is 0 Å². The van der Waals surface area contributed by atoms with Crippen LogP contribution >= 0.6 is 23.2 Å². The van der Waals surface area contributed by atoms with Crippen molar-refractivity contribution >= 4 is 34.8 Å². The van der Waals surface area contributed by atoms with Crippen LogP contribution in [0, 0.1) is 5.41 Å². The van der Waals surface area contributed by atoms with Crippen LogP contribution < -0.4 is 11.2 Å². The van der Waals surface area contributed by atoms with Gasteiger partial charge in [0.05, 0.1) is 24.1 Å². The van der Waals surface area contributed by atoms with Crippen LogP contribution in [0.2, 0.25) is 10.0 Å². The van der Waals surface area contributed by atoms with E-state index in [9.17, 15) is 0 Å². The predicted molar refractivity (Wildman–Crippen MR) is 64.1 cm³/mol. The van der Waals surface area contributed by atoms with Crippen molar-refractivity contribution in [2.45, 2.75) is 0 Å². The van der Waals surface area contributed by atoms with E-state index in [0.717, 1.165) is 0 Å². The Bertz CT molecular complexity index is 369. The smallest absolute Gasteiger partial charge is 0.316 e. The minimum absolute atomic E-state index is 0.0105. The second kappa shape index (κ2) is 4.26. The molecule has 0 heterocycles. The summed E-state index contributed by atoms with van der Waals surface area (Å²) in [6.45, 7) is 0. The summed E-state index contributed by atoms with van der Waals surface area (Å²) in [6.07, 6.45) is 0. The van der Waals surface area contributed by atoms with E-state index in [4.69, 9.17) is 34.3 Å². The van der Waals surface area contributed by atoms with Crippen molar-refractivity contribution in [3.63, 3.8) is 0 Å². The number of anilines is 1. The fraction of sp³-hybridized carbons (Fsp3) is 0.222. The number of rotatable bonds is 2. The van der Waals surface area contributed by atoms with Gasteiger partial charge in [0.25, 0.3) is 0 Å². The van der Waals surface area contributed by atoms with Crippen molar-refractivity contribution in [3.05, 3.63) is 28.2 Å². The Balaban J connectivity index is 3.04. The number of guanidine groups is 1. The van der Waals surface area contributed by atoms with Gasteiger partial charge in [0.1, 0.15) is 5.69 Å². The second-order valence-electron chi connectivity index (χ2n) is 3.55. The molecule has 0 bridgehead atoms. The Kier molecular flexibility index (Phi) is 3.44. The van der Waals surface area contributed by atoms with Gasteiger partial charge in [0, 0.05) is 0 Å². The fourth-order valence-corrected chi connectivity index (χ4v) is 1.43. The predicted octanol–water partition coefficient (Wildman–Crippen LogP) is 2.29. The van der Waals surface area contributed by atoms with Crippen LogP contribution in [-0.4, -0.2) is 24.6 Å². The first-order valence-electron chi connectivity index (χ1n) is 4.25. The normalized spacial score (nSPS) is 11.2. The van der Waals surface area contributed by atoms with Gasteiger partial charge in [-0.05, 0) is 12.1 Å². The quantitative estimate of drug-likeness (QED) is 0.325. The summed E-state index contributed by atoms with van der Waals surface area (Å²) in [6, 6.07) is 5.19. The number of hydrogen-bond donors (Lipinski definition) is 3. The molecule has 4 nitrogen and oxygen atoms in total. The highest BCUT2D eigenvalue weighted by molar-refractivity contribution is 6.39. The summed E-state index contributed by atoms with van der Waals surface area (Å²) in [5.74, 6) is -0.0361. The number of para-hydroxylation sites is 1. The fourth-order valence-electron chi connectivity index (χ4n) is 0.944. The van der Waals surface area contributed by atoms with Gasteiger partial charge < -0.3 is 5.73 Å². The van der Waals surface area contributed by atoms with Crippen molar-refractivity contribution in [2.75, 3.05) is 19.5 Å². The first-order valence-corrected chi connectivity index (χ1v) is 5.01. The monoisotopic (exact) mass is 247 g/mol. The summed E-state index contributed by atoms with van der Waals surface area (Å²) in [5, 5.41) is 8.38. The van der Waals surface area contributed by atoms with Crippen LogP contribution in [0.15, 0.2) is 18.2 Å². The Morgan fingerprint density at radius 1 is 1.33 bits per heavy atom. The van der Waals surface area contributed by atoms with Crippen LogP contribution in [0.1, 0.15) is 0 Å². The van der Waals surface area contributed by atoms with Crippen LogP contribution in [0.4, 0.5) is 5.69 Å². The summed E-state index contributed by atoms with van der Waals surface area (Å²) in [4.78, 5) is 0. The molecule has 0 atom stereocenters. The topological polar surface area (TPSA) is 61.9 Å². The molecule has 1 aromatic rings. The molecule has 0 saturated heterocycles. The van der Waals surface area contributed by atoms with Crippen molar-refractivity contribution < 1.29 is 4.59 Å². The zero-order valence-corrected chi connectivity index (χ0v) is 10.0. The highest BCUT2D eigenvalue weighted by atomic mass is 35.5. The number of benzene rings is 1. The average molecular weight is 248 g/mol. The molecule has 0 aliphatic heterocycles. The molecule has 1 aromatic carbocycles. The lowest BCUT2D eigenvalue weighted by molar-refractivity contribution is -0.777. The first kappa shape index (κ1) is 12.1. The molecular weight excluding hydrogens is 235 g/mol. The van der Waals surface area contributed by atoms with Crippen LogP contribution in [0.5, 0.6) is 0 Å². The molecule has 15 heavy (non-hydrogen) atoms. The minimum Gasteiger partial charge on any atom is -0.336 e. The number of quaternary nitrogens is 1. The zero-order valence-electron chi connectivity index (χ0n) is 8.51. The Labute approximate surface area is 98.6 Å². The number of hydrogen-bond acceptors (Lipinski definition) is 2. The summed E-state index contributed by atoms with van der Waals surface area (Å²) < 4.78 is -0.0105. The molecule has 0 aromatic heterocycles. The van der Waals surface area contributed by atoms with Gasteiger partial charge in [-0.15, -0.1) is 0 Å². The molecule has 0 saturated carbocycles. The third kappa shape index (κ3) is 2.75. The lowest BCUT2D eigenvalue weighted by Crippen LogP contribution is -2.53. The number of halogens is 2. The van der Waals surface area contributed by atoms with Crippen LogP contribution in [0.3, 0.4) is 0 Å². The van der Waals surface area contributed by atoms with E-state index in [2.05, 4.69) is 5.43 Å². The maximum Gasteiger partial charge on any atom is 0.316 e. The molecular formula is C9H13Cl2N4+. The van der Waals surface area contributed by atoms with Gasteiger partial charge in [0.2, 0.25) is 0 Å². The van der Waals surface area contributed by atoms with Gasteiger partial charge in [-0.2, -0.15) is 4.59 Å². The molecule has 0 aliphatic rings. The number of nitrogens with zero attached hydrogens (tertiary/aromatic N) is 1. The lowest BCUT2D eigenvalue weighted by Gasteiger charge is -2.28. The van der Waals surface area contributed by atoms with E-state index in [0.29, 0.717) is 15.7 Å². The maximum atomic E-state index is 7.39. The third-order valence-electron chi connectivity index (χ3n) is 1.96. The molecule has 0 radical (unpaired) electrons.